The Morgan fingerprint density at radius 1 is 1.28 bits per heavy atom. The largest absolute Gasteiger partial charge is 0.381 e. The number of aromatic nitrogens is 2. The first-order chi connectivity index (χ1) is 8.33. The van der Waals surface area contributed by atoms with Crippen LogP contribution >= 0.6 is 0 Å². The second-order valence-electron chi connectivity index (χ2n) is 6.95. The molecule has 0 aliphatic carbocycles. The summed E-state index contributed by atoms with van der Waals surface area (Å²) in [4.78, 5) is 0. The Morgan fingerprint density at radius 3 is 2.39 bits per heavy atom. The van der Waals surface area contributed by atoms with Crippen LogP contribution in [0.25, 0.3) is 0 Å². The summed E-state index contributed by atoms with van der Waals surface area (Å²) in [5.74, 6) is 0.736. The van der Waals surface area contributed by atoms with E-state index in [9.17, 15) is 0 Å². The lowest BCUT2D eigenvalue weighted by atomic mass is 9.70. The van der Waals surface area contributed by atoms with Gasteiger partial charge in [-0.15, -0.1) is 0 Å². The molecule has 1 aromatic heterocycles. The molecule has 0 aromatic carbocycles. The van der Waals surface area contributed by atoms with E-state index in [1.807, 2.05) is 17.9 Å². The molecule has 0 unspecified atom stereocenters. The fourth-order valence-corrected chi connectivity index (χ4v) is 2.69. The molecular weight excluding hydrogens is 224 g/mol. The number of aryl methyl sites for hydroxylation is 1. The van der Waals surface area contributed by atoms with E-state index in [1.165, 1.54) is 18.5 Å². The summed E-state index contributed by atoms with van der Waals surface area (Å²) >= 11 is 0. The van der Waals surface area contributed by atoms with Crippen molar-refractivity contribution in [1.29, 1.82) is 0 Å². The van der Waals surface area contributed by atoms with E-state index in [2.05, 4.69) is 38.9 Å². The quantitative estimate of drug-likeness (QED) is 0.802. The van der Waals surface area contributed by atoms with Crippen molar-refractivity contribution in [1.82, 2.24) is 9.78 Å². The number of nitrogens with zero attached hydrogens (tertiary/aromatic N) is 2. The zero-order chi connectivity index (χ0) is 13.4. The van der Waals surface area contributed by atoms with E-state index in [0.717, 1.165) is 19.1 Å². The Labute approximate surface area is 111 Å². The van der Waals surface area contributed by atoms with Crippen LogP contribution in [0, 0.1) is 11.3 Å². The molecule has 0 spiro atoms. The molecule has 1 aliphatic heterocycles. The average Bonchev–Trinajstić information content (AvgIpc) is 2.59. The Morgan fingerprint density at radius 2 is 1.94 bits per heavy atom. The van der Waals surface area contributed by atoms with Gasteiger partial charge in [-0.1, -0.05) is 27.7 Å². The zero-order valence-electron chi connectivity index (χ0n) is 12.4. The fraction of sp³-hybridized carbons (Fsp3) is 0.800. The topological polar surface area (TPSA) is 27.1 Å². The summed E-state index contributed by atoms with van der Waals surface area (Å²) in [6, 6.07) is 2.14. The highest BCUT2D eigenvalue weighted by Crippen LogP contribution is 2.40. The summed E-state index contributed by atoms with van der Waals surface area (Å²) in [7, 11) is 2.03. The van der Waals surface area contributed by atoms with Gasteiger partial charge >= 0.3 is 0 Å². The Hall–Kier alpha value is -0.830. The van der Waals surface area contributed by atoms with Crippen LogP contribution in [0.15, 0.2) is 12.3 Å². The Bertz CT molecular complexity index is 402. The van der Waals surface area contributed by atoms with Crippen LogP contribution < -0.4 is 0 Å². The molecule has 102 valence electrons. The standard InChI is InChI=1S/C15H26N2O/c1-14(2,12-10-18-11-12)7-8-15(3,4)13-6-9-16-17(13)5/h6,9,12H,7-8,10-11H2,1-5H3. The molecule has 1 aromatic rings. The Kier molecular flexibility index (Phi) is 3.54. The van der Waals surface area contributed by atoms with Crippen LogP contribution in [0.1, 0.15) is 46.2 Å². The highest BCUT2D eigenvalue weighted by atomic mass is 16.5. The van der Waals surface area contributed by atoms with Crippen LogP contribution in [-0.4, -0.2) is 23.0 Å². The van der Waals surface area contributed by atoms with Gasteiger partial charge in [0.1, 0.15) is 0 Å². The molecule has 1 saturated heterocycles. The van der Waals surface area contributed by atoms with Crippen molar-refractivity contribution in [2.24, 2.45) is 18.4 Å². The molecular formula is C15H26N2O. The molecule has 3 heteroatoms. The van der Waals surface area contributed by atoms with Gasteiger partial charge in [0.15, 0.2) is 0 Å². The third-order valence-corrected chi connectivity index (χ3v) is 4.65. The molecule has 1 fully saturated rings. The molecule has 18 heavy (non-hydrogen) atoms. The maximum atomic E-state index is 5.33. The summed E-state index contributed by atoms with van der Waals surface area (Å²) in [6.45, 7) is 11.3. The van der Waals surface area contributed by atoms with Crippen molar-refractivity contribution in [2.45, 2.75) is 46.0 Å². The van der Waals surface area contributed by atoms with Crippen molar-refractivity contribution in [3.05, 3.63) is 18.0 Å². The molecule has 1 aliphatic rings. The van der Waals surface area contributed by atoms with Gasteiger partial charge in [0, 0.05) is 30.3 Å². The van der Waals surface area contributed by atoms with E-state index in [0.29, 0.717) is 5.41 Å². The summed E-state index contributed by atoms with van der Waals surface area (Å²) in [6.07, 6.45) is 4.32. The first-order valence-corrected chi connectivity index (χ1v) is 6.89. The number of rotatable bonds is 5. The molecule has 0 atom stereocenters. The van der Waals surface area contributed by atoms with Crippen molar-refractivity contribution >= 4 is 0 Å². The van der Waals surface area contributed by atoms with E-state index in [1.54, 1.807) is 0 Å². The molecule has 2 rings (SSSR count). The summed E-state index contributed by atoms with van der Waals surface area (Å²) < 4.78 is 7.33. The predicted molar refractivity (Wildman–Crippen MR) is 73.6 cm³/mol. The van der Waals surface area contributed by atoms with Crippen LogP contribution in [0.4, 0.5) is 0 Å². The molecule has 0 amide bonds. The monoisotopic (exact) mass is 250 g/mol. The second kappa shape index (κ2) is 4.69. The van der Waals surface area contributed by atoms with Crippen LogP contribution in [0.3, 0.4) is 0 Å². The lowest BCUT2D eigenvalue weighted by Gasteiger charge is -2.41. The highest BCUT2D eigenvalue weighted by molar-refractivity contribution is 5.13. The van der Waals surface area contributed by atoms with E-state index in [4.69, 9.17) is 4.74 Å². The first kappa shape index (κ1) is 13.6. The van der Waals surface area contributed by atoms with Gasteiger partial charge in [-0.3, -0.25) is 4.68 Å². The smallest absolute Gasteiger partial charge is 0.0521 e. The van der Waals surface area contributed by atoms with Gasteiger partial charge in [-0.25, -0.2) is 0 Å². The third-order valence-electron chi connectivity index (χ3n) is 4.65. The lowest BCUT2D eigenvalue weighted by molar-refractivity contribution is -0.0917. The van der Waals surface area contributed by atoms with Gasteiger partial charge in [0.05, 0.1) is 13.2 Å². The van der Waals surface area contributed by atoms with Crippen molar-refractivity contribution in [3.8, 4) is 0 Å². The van der Waals surface area contributed by atoms with Crippen molar-refractivity contribution in [2.75, 3.05) is 13.2 Å². The molecule has 0 N–H and O–H groups in total. The van der Waals surface area contributed by atoms with Crippen LogP contribution in [0.2, 0.25) is 0 Å². The van der Waals surface area contributed by atoms with Gasteiger partial charge in [-0.2, -0.15) is 5.10 Å². The van der Waals surface area contributed by atoms with Gasteiger partial charge in [0.2, 0.25) is 0 Å². The summed E-state index contributed by atoms with van der Waals surface area (Å²) in [5, 5.41) is 4.29. The van der Waals surface area contributed by atoms with Crippen molar-refractivity contribution in [3.63, 3.8) is 0 Å². The minimum absolute atomic E-state index is 0.188. The minimum Gasteiger partial charge on any atom is -0.381 e. The number of hydrogen-bond donors (Lipinski definition) is 0. The second-order valence-corrected chi connectivity index (χ2v) is 6.95. The van der Waals surface area contributed by atoms with Gasteiger partial charge in [0.25, 0.3) is 0 Å². The highest BCUT2D eigenvalue weighted by Gasteiger charge is 2.36. The maximum Gasteiger partial charge on any atom is 0.0521 e. The van der Waals surface area contributed by atoms with Crippen molar-refractivity contribution < 1.29 is 4.74 Å². The van der Waals surface area contributed by atoms with Gasteiger partial charge < -0.3 is 4.74 Å². The SMILES string of the molecule is Cn1nccc1C(C)(C)CCC(C)(C)C1COC1. The molecule has 0 radical (unpaired) electrons. The van der Waals surface area contributed by atoms with E-state index >= 15 is 0 Å². The molecule has 0 bridgehead atoms. The zero-order valence-corrected chi connectivity index (χ0v) is 12.4. The third kappa shape index (κ3) is 2.61. The fourth-order valence-electron chi connectivity index (χ4n) is 2.69. The lowest BCUT2D eigenvalue weighted by Crippen LogP contribution is -2.40. The normalized spacial score (nSPS) is 17.8. The van der Waals surface area contributed by atoms with E-state index < -0.39 is 0 Å². The average molecular weight is 250 g/mol. The molecule has 0 saturated carbocycles. The number of ether oxygens (including phenoxy) is 1. The minimum atomic E-state index is 0.188. The molecule has 3 nitrogen and oxygen atoms in total. The molecule has 2 heterocycles. The van der Waals surface area contributed by atoms with E-state index in [-0.39, 0.29) is 5.41 Å². The number of hydrogen-bond acceptors (Lipinski definition) is 2. The van der Waals surface area contributed by atoms with Crippen LogP contribution in [0.5, 0.6) is 0 Å². The maximum absolute atomic E-state index is 5.33. The van der Waals surface area contributed by atoms with Gasteiger partial charge in [-0.05, 0) is 24.3 Å². The van der Waals surface area contributed by atoms with Crippen LogP contribution in [-0.2, 0) is 17.2 Å². The first-order valence-electron chi connectivity index (χ1n) is 6.89. The Balaban J connectivity index is 1.98. The summed E-state index contributed by atoms with van der Waals surface area (Å²) in [5.41, 5.74) is 1.89. The predicted octanol–water partition coefficient (Wildman–Crippen LogP) is 3.15.